The van der Waals surface area contributed by atoms with Crippen LogP contribution in [-0.4, -0.2) is 49.8 Å². The van der Waals surface area contributed by atoms with Crippen LogP contribution in [0.1, 0.15) is 46.4 Å². The van der Waals surface area contributed by atoms with E-state index in [4.69, 9.17) is 5.11 Å². The van der Waals surface area contributed by atoms with Crippen molar-refractivity contribution in [2.75, 3.05) is 30.4 Å². The Labute approximate surface area is 171 Å². The number of rotatable bonds is 4. The van der Waals surface area contributed by atoms with Gasteiger partial charge in [0.25, 0.3) is 0 Å². The highest BCUT2D eigenvalue weighted by Gasteiger charge is 2.15. The number of pyridine rings is 1. The van der Waals surface area contributed by atoms with Gasteiger partial charge in [-0.05, 0) is 46.1 Å². The van der Waals surface area contributed by atoms with E-state index in [0.29, 0.717) is 6.04 Å². The van der Waals surface area contributed by atoms with Crippen molar-refractivity contribution in [2.24, 2.45) is 0 Å². The van der Waals surface area contributed by atoms with Gasteiger partial charge in [-0.2, -0.15) is 4.98 Å². The van der Waals surface area contributed by atoms with Gasteiger partial charge < -0.3 is 19.9 Å². The number of aromatic nitrogens is 5. The lowest BCUT2D eigenvalue weighted by Crippen LogP contribution is -2.31. The Balaban J connectivity index is 0.00000109. The lowest BCUT2D eigenvalue weighted by atomic mass is 10.1. The molecular weight excluding hydrogens is 373 g/mol. The van der Waals surface area contributed by atoms with E-state index in [1.807, 2.05) is 25.3 Å². The van der Waals surface area contributed by atoms with Gasteiger partial charge in [0.2, 0.25) is 5.95 Å². The molecule has 29 heavy (non-hydrogen) atoms. The molecule has 1 saturated heterocycles. The van der Waals surface area contributed by atoms with Crippen molar-refractivity contribution in [1.29, 1.82) is 0 Å². The molecule has 0 unspecified atom stereocenters. The van der Waals surface area contributed by atoms with E-state index >= 15 is 0 Å². The summed E-state index contributed by atoms with van der Waals surface area (Å²) in [6, 6.07) is 4.27. The van der Waals surface area contributed by atoms with Crippen LogP contribution in [0.3, 0.4) is 0 Å². The summed E-state index contributed by atoms with van der Waals surface area (Å²) in [5, 5.41) is 10.3. The summed E-state index contributed by atoms with van der Waals surface area (Å²) >= 11 is 0. The van der Waals surface area contributed by atoms with Crippen LogP contribution in [0.15, 0.2) is 24.5 Å². The van der Waals surface area contributed by atoms with E-state index in [-0.39, 0.29) is 6.13 Å². The minimum Gasteiger partial charge on any atom is -0.400 e. The molecular formula is C20H32FN7O. The standard InChI is InChI=1S/C19H25N7.CH4O.FH.H2/c1-13(2)26-14(3)22-15-12-21-18(11-16(15)26)23-17-7-8-20-19(24-17)25-9-5-4-6-10-25;1-2;;/h7-8,11-13H,4-6,9-10H2,1-3H3,(H,20,21,23,24);2H,1H3;2*1H. The number of fused-ring (bicyclic) bond motifs is 1. The number of piperidine rings is 1. The first-order valence-electron chi connectivity index (χ1n) is 9.76. The molecule has 1 aliphatic heterocycles. The van der Waals surface area contributed by atoms with Crippen molar-refractivity contribution in [2.45, 2.75) is 46.1 Å². The van der Waals surface area contributed by atoms with Gasteiger partial charge in [-0.1, -0.05) is 0 Å². The molecule has 0 aliphatic carbocycles. The van der Waals surface area contributed by atoms with Gasteiger partial charge in [-0.25, -0.2) is 15.0 Å². The third-order valence-corrected chi connectivity index (χ3v) is 4.81. The zero-order chi connectivity index (χ0) is 20.1. The molecule has 9 heteroatoms. The Bertz CT molecular complexity index is 929. The highest BCUT2D eigenvalue weighted by molar-refractivity contribution is 5.79. The Morgan fingerprint density at radius 2 is 1.79 bits per heavy atom. The molecule has 0 spiro atoms. The minimum atomic E-state index is 0. The van der Waals surface area contributed by atoms with Gasteiger partial charge in [0.05, 0.1) is 11.7 Å². The van der Waals surface area contributed by atoms with Crippen LogP contribution in [0, 0.1) is 6.92 Å². The van der Waals surface area contributed by atoms with Crippen LogP contribution >= 0.6 is 0 Å². The third-order valence-electron chi connectivity index (χ3n) is 4.81. The number of nitrogens with zero attached hydrogens (tertiary/aromatic N) is 6. The van der Waals surface area contributed by atoms with Gasteiger partial charge in [0.15, 0.2) is 0 Å². The Kier molecular flexibility index (Phi) is 7.83. The quantitative estimate of drug-likeness (QED) is 0.681. The zero-order valence-corrected chi connectivity index (χ0v) is 17.5. The molecule has 0 bridgehead atoms. The molecule has 3 aromatic heterocycles. The second-order valence-electron chi connectivity index (χ2n) is 7.10. The van der Waals surface area contributed by atoms with Crippen molar-refractivity contribution in [1.82, 2.24) is 24.5 Å². The van der Waals surface area contributed by atoms with E-state index in [1.165, 1.54) is 19.3 Å². The fraction of sp³-hybridized carbons (Fsp3) is 0.500. The van der Waals surface area contributed by atoms with E-state index in [9.17, 15) is 0 Å². The summed E-state index contributed by atoms with van der Waals surface area (Å²) < 4.78 is 2.22. The number of halogens is 1. The average molecular weight is 406 g/mol. The molecule has 4 rings (SSSR count). The summed E-state index contributed by atoms with van der Waals surface area (Å²) in [5.41, 5.74) is 2.00. The maximum absolute atomic E-state index is 7.00. The molecule has 0 aromatic carbocycles. The lowest BCUT2D eigenvalue weighted by Gasteiger charge is -2.26. The van der Waals surface area contributed by atoms with E-state index in [0.717, 1.165) is 54.6 Å². The van der Waals surface area contributed by atoms with Gasteiger partial charge >= 0.3 is 0 Å². The summed E-state index contributed by atoms with van der Waals surface area (Å²) in [6.07, 6.45) is 7.33. The summed E-state index contributed by atoms with van der Waals surface area (Å²) in [6.45, 7) is 8.41. The van der Waals surface area contributed by atoms with E-state index < -0.39 is 0 Å². The predicted octanol–water partition coefficient (Wildman–Crippen LogP) is 3.85. The molecule has 4 heterocycles. The summed E-state index contributed by atoms with van der Waals surface area (Å²) in [4.78, 5) is 20.5. The van der Waals surface area contributed by atoms with Crippen LogP contribution in [0.25, 0.3) is 11.0 Å². The van der Waals surface area contributed by atoms with Crippen molar-refractivity contribution in [3.05, 3.63) is 30.4 Å². The van der Waals surface area contributed by atoms with Gasteiger partial charge in [-0.3, -0.25) is 4.70 Å². The first-order valence-corrected chi connectivity index (χ1v) is 9.76. The molecule has 160 valence electrons. The fourth-order valence-electron chi connectivity index (χ4n) is 3.63. The molecule has 8 nitrogen and oxygen atoms in total. The van der Waals surface area contributed by atoms with Crippen molar-refractivity contribution in [3.8, 4) is 0 Å². The lowest BCUT2D eigenvalue weighted by molar-refractivity contribution is 0.399. The molecule has 0 atom stereocenters. The number of aryl methyl sites for hydroxylation is 1. The highest BCUT2D eigenvalue weighted by atomic mass is 19.0. The fourth-order valence-corrected chi connectivity index (χ4v) is 3.63. The molecule has 3 aromatic rings. The number of aliphatic hydroxyl groups excluding tert-OH is 1. The molecule has 0 saturated carbocycles. The van der Waals surface area contributed by atoms with Crippen molar-refractivity contribution < 1.29 is 11.2 Å². The van der Waals surface area contributed by atoms with Gasteiger partial charge in [-0.15, -0.1) is 0 Å². The highest BCUT2D eigenvalue weighted by Crippen LogP contribution is 2.24. The summed E-state index contributed by atoms with van der Waals surface area (Å²) in [5.74, 6) is 3.32. The summed E-state index contributed by atoms with van der Waals surface area (Å²) in [7, 11) is 1.00. The topological polar surface area (TPSA) is 92.0 Å². The first-order chi connectivity index (χ1) is 13.6. The number of anilines is 3. The molecule has 1 fully saturated rings. The normalized spacial score (nSPS) is 13.7. The first kappa shape index (κ1) is 22.5. The van der Waals surface area contributed by atoms with Crippen LogP contribution in [0.2, 0.25) is 0 Å². The minimum absolute atomic E-state index is 0. The van der Waals surface area contributed by atoms with Gasteiger partial charge in [0.1, 0.15) is 23.0 Å². The number of hydrogen-bond donors (Lipinski definition) is 2. The monoisotopic (exact) mass is 405 g/mol. The Hall–Kier alpha value is -2.81. The van der Waals surface area contributed by atoms with Crippen LogP contribution in [0.4, 0.5) is 22.3 Å². The average Bonchev–Trinajstić information content (AvgIpc) is 3.05. The van der Waals surface area contributed by atoms with E-state index in [2.05, 4.69) is 48.6 Å². The molecule has 0 radical (unpaired) electrons. The maximum atomic E-state index is 7.00. The largest absolute Gasteiger partial charge is 0.400 e. The smallest absolute Gasteiger partial charge is 0.227 e. The molecule has 0 amide bonds. The second-order valence-corrected chi connectivity index (χ2v) is 7.10. The number of aliphatic hydroxyl groups is 1. The number of nitrogens with one attached hydrogen (secondary N) is 1. The second kappa shape index (κ2) is 10.1. The van der Waals surface area contributed by atoms with Crippen LogP contribution in [0.5, 0.6) is 0 Å². The van der Waals surface area contributed by atoms with E-state index in [1.54, 1.807) is 6.20 Å². The Morgan fingerprint density at radius 3 is 2.48 bits per heavy atom. The number of imidazole rings is 1. The zero-order valence-electron chi connectivity index (χ0n) is 17.5. The SMILES string of the molecule is CO.Cc1nc2cnc(Nc3ccnc(N4CCCCC4)n3)cc2n1C(C)C.F.[HH]. The van der Waals surface area contributed by atoms with Crippen molar-refractivity contribution in [3.63, 3.8) is 0 Å². The maximum Gasteiger partial charge on any atom is 0.227 e. The molecule has 2 N–H and O–H groups in total. The third kappa shape index (κ3) is 4.97. The Morgan fingerprint density at radius 1 is 1.07 bits per heavy atom. The van der Waals surface area contributed by atoms with Crippen LogP contribution in [-0.2, 0) is 0 Å². The molecule has 1 aliphatic rings. The van der Waals surface area contributed by atoms with Gasteiger partial charge in [0, 0.05) is 39.9 Å². The van der Waals surface area contributed by atoms with Crippen molar-refractivity contribution >= 4 is 28.6 Å². The number of hydrogen-bond acceptors (Lipinski definition) is 7. The predicted molar refractivity (Wildman–Crippen MR) is 117 cm³/mol. The van der Waals surface area contributed by atoms with Crippen LogP contribution < -0.4 is 10.2 Å².